The van der Waals surface area contributed by atoms with Gasteiger partial charge in [-0.2, -0.15) is 0 Å². The number of amides is 1. The Kier molecular flexibility index (Phi) is 6.81. The molecular weight excluding hydrogens is 411 g/mol. The van der Waals surface area contributed by atoms with Crippen LogP contribution in [-0.4, -0.2) is 40.3 Å². The lowest BCUT2D eigenvalue weighted by Gasteiger charge is -2.25. The number of benzene rings is 2. The molecule has 0 spiro atoms. The van der Waals surface area contributed by atoms with E-state index >= 15 is 0 Å². The van der Waals surface area contributed by atoms with E-state index in [2.05, 4.69) is 5.32 Å². The standard InChI is InChI=1S/C21H25FN2O5S/c1-15(16-5-7-17(22)8-6-16)23-21(25)4-3-11-24(30(2,26)27)18-9-10-19-20(14-18)29-13-12-28-19/h5-10,14-15H,3-4,11-13H2,1-2H3,(H,23,25). The molecule has 30 heavy (non-hydrogen) atoms. The third kappa shape index (κ3) is 5.63. The molecule has 7 nitrogen and oxygen atoms in total. The summed E-state index contributed by atoms with van der Waals surface area (Å²) in [5, 5.41) is 2.84. The highest BCUT2D eigenvalue weighted by Gasteiger charge is 2.21. The molecule has 1 atom stereocenters. The zero-order valence-electron chi connectivity index (χ0n) is 16.9. The molecule has 1 N–H and O–H groups in total. The summed E-state index contributed by atoms with van der Waals surface area (Å²) in [6, 6.07) is 10.6. The number of anilines is 1. The number of sulfonamides is 1. The maximum absolute atomic E-state index is 13.0. The van der Waals surface area contributed by atoms with E-state index in [4.69, 9.17) is 9.47 Å². The Morgan fingerprint density at radius 2 is 1.80 bits per heavy atom. The molecule has 0 saturated carbocycles. The minimum Gasteiger partial charge on any atom is -0.486 e. The van der Waals surface area contributed by atoms with Crippen LogP contribution in [-0.2, 0) is 14.8 Å². The van der Waals surface area contributed by atoms with Crippen LogP contribution in [0.25, 0.3) is 0 Å². The van der Waals surface area contributed by atoms with Crippen LogP contribution in [0, 0.1) is 5.82 Å². The summed E-state index contributed by atoms with van der Waals surface area (Å²) in [6.45, 7) is 2.81. The van der Waals surface area contributed by atoms with Gasteiger partial charge in [0.1, 0.15) is 19.0 Å². The van der Waals surface area contributed by atoms with E-state index in [1.807, 2.05) is 6.92 Å². The summed E-state index contributed by atoms with van der Waals surface area (Å²) >= 11 is 0. The number of hydrogen-bond donors (Lipinski definition) is 1. The molecule has 162 valence electrons. The highest BCUT2D eigenvalue weighted by molar-refractivity contribution is 7.92. The molecule has 1 unspecified atom stereocenters. The summed E-state index contributed by atoms with van der Waals surface area (Å²) in [4.78, 5) is 12.3. The van der Waals surface area contributed by atoms with Crippen molar-refractivity contribution in [1.29, 1.82) is 0 Å². The van der Waals surface area contributed by atoms with Crippen LogP contribution in [0.15, 0.2) is 42.5 Å². The molecule has 3 rings (SSSR count). The highest BCUT2D eigenvalue weighted by atomic mass is 32.2. The van der Waals surface area contributed by atoms with Crippen molar-refractivity contribution in [2.24, 2.45) is 0 Å². The zero-order chi connectivity index (χ0) is 21.7. The Morgan fingerprint density at radius 1 is 1.13 bits per heavy atom. The van der Waals surface area contributed by atoms with Crippen molar-refractivity contribution >= 4 is 21.6 Å². The SMILES string of the molecule is CC(NC(=O)CCCN(c1ccc2c(c1)OCCO2)S(C)(=O)=O)c1ccc(F)cc1. The van der Waals surface area contributed by atoms with Crippen molar-refractivity contribution in [2.45, 2.75) is 25.8 Å². The van der Waals surface area contributed by atoms with Gasteiger partial charge in [0.2, 0.25) is 15.9 Å². The van der Waals surface area contributed by atoms with Gasteiger partial charge < -0.3 is 14.8 Å². The van der Waals surface area contributed by atoms with Crippen LogP contribution in [0.2, 0.25) is 0 Å². The number of hydrogen-bond acceptors (Lipinski definition) is 5. The van der Waals surface area contributed by atoms with Crippen LogP contribution in [0.5, 0.6) is 11.5 Å². The molecule has 0 aliphatic carbocycles. The molecule has 0 bridgehead atoms. The van der Waals surface area contributed by atoms with Gasteiger partial charge in [-0.1, -0.05) is 12.1 Å². The summed E-state index contributed by atoms with van der Waals surface area (Å²) < 4.78 is 49.9. The molecule has 1 aliphatic rings. The minimum atomic E-state index is -3.54. The topological polar surface area (TPSA) is 84.9 Å². The van der Waals surface area contributed by atoms with E-state index in [1.54, 1.807) is 30.3 Å². The first kappa shape index (κ1) is 21.9. The molecule has 2 aromatic rings. The number of fused-ring (bicyclic) bond motifs is 1. The number of halogens is 1. The van der Waals surface area contributed by atoms with Crippen LogP contribution in [0.1, 0.15) is 31.4 Å². The molecule has 1 aliphatic heterocycles. The number of nitrogens with zero attached hydrogens (tertiary/aromatic N) is 1. The quantitative estimate of drug-likeness (QED) is 0.688. The van der Waals surface area contributed by atoms with E-state index in [1.165, 1.54) is 16.4 Å². The second-order valence-corrected chi connectivity index (χ2v) is 9.01. The van der Waals surface area contributed by atoms with Crippen molar-refractivity contribution in [2.75, 3.05) is 30.3 Å². The molecule has 0 aromatic heterocycles. The summed E-state index contributed by atoms with van der Waals surface area (Å²) in [6.07, 6.45) is 1.62. The Balaban J connectivity index is 1.59. The first-order chi connectivity index (χ1) is 14.2. The Labute approximate surface area is 175 Å². The maximum atomic E-state index is 13.0. The molecule has 1 amide bonds. The first-order valence-electron chi connectivity index (χ1n) is 9.66. The monoisotopic (exact) mass is 436 g/mol. The van der Waals surface area contributed by atoms with E-state index in [0.29, 0.717) is 36.8 Å². The highest BCUT2D eigenvalue weighted by Crippen LogP contribution is 2.34. The lowest BCUT2D eigenvalue weighted by molar-refractivity contribution is -0.121. The molecule has 9 heteroatoms. The van der Waals surface area contributed by atoms with Crippen molar-refractivity contribution in [1.82, 2.24) is 5.32 Å². The Hall–Kier alpha value is -2.81. The number of nitrogens with one attached hydrogen (secondary N) is 1. The number of carbonyl (C=O) groups is 1. The summed E-state index contributed by atoms with van der Waals surface area (Å²) in [7, 11) is -3.54. The van der Waals surface area contributed by atoms with Crippen molar-refractivity contribution in [3.05, 3.63) is 53.8 Å². The molecular formula is C21H25FN2O5S. The normalized spacial score (nSPS) is 14.1. The predicted molar refractivity (Wildman–Crippen MR) is 112 cm³/mol. The minimum absolute atomic E-state index is 0.150. The Morgan fingerprint density at radius 3 is 2.47 bits per heavy atom. The summed E-state index contributed by atoms with van der Waals surface area (Å²) in [5.74, 6) is 0.533. The first-order valence-corrected chi connectivity index (χ1v) is 11.5. The Bertz CT molecular complexity index is 995. The van der Waals surface area contributed by atoms with Crippen LogP contribution in [0.4, 0.5) is 10.1 Å². The predicted octanol–water partition coefficient (Wildman–Crippen LogP) is 3.02. The van der Waals surface area contributed by atoms with Gasteiger partial charge >= 0.3 is 0 Å². The number of rotatable bonds is 8. The van der Waals surface area contributed by atoms with Crippen molar-refractivity contribution in [3.63, 3.8) is 0 Å². The second-order valence-electron chi connectivity index (χ2n) is 7.11. The van der Waals surface area contributed by atoms with Gasteiger partial charge in [0.05, 0.1) is 18.0 Å². The van der Waals surface area contributed by atoms with Gasteiger partial charge in [-0.25, -0.2) is 12.8 Å². The van der Waals surface area contributed by atoms with Crippen LogP contribution >= 0.6 is 0 Å². The molecule has 1 heterocycles. The third-order valence-electron chi connectivity index (χ3n) is 4.73. The molecule has 0 radical (unpaired) electrons. The molecule has 0 fully saturated rings. The van der Waals surface area contributed by atoms with Crippen LogP contribution < -0.4 is 19.1 Å². The summed E-state index contributed by atoms with van der Waals surface area (Å²) in [5.41, 5.74) is 1.25. The smallest absolute Gasteiger partial charge is 0.232 e. The molecule has 0 saturated heterocycles. The average molecular weight is 437 g/mol. The van der Waals surface area contributed by atoms with E-state index in [0.717, 1.165) is 11.8 Å². The van der Waals surface area contributed by atoms with Gasteiger partial charge in [0.25, 0.3) is 0 Å². The lowest BCUT2D eigenvalue weighted by Crippen LogP contribution is -2.32. The van der Waals surface area contributed by atoms with Gasteiger partial charge in [-0.3, -0.25) is 9.10 Å². The lowest BCUT2D eigenvalue weighted by atomic mass is 10.1. The van der Waals surface area contributed by atoms with Crippen LogP contribution in [0.3, 0.4) is 0 Å². The fourth-order valence-corrected chi connectivity index (χ4v) is 4.16. The average Bonchev–Trinajstić information content (AvgIpc) is 2.70. The van der Waals surface area contributed by atoms with Crippen molar-refractivity contribution in [3.8, 4) is 11.5 Å². The molecule has 2 aromatic carbocycles. The van der Waals surface area contributed by atoms with Gasteiger partial charge in [-0.15, -0.1) is 0 Å². The largest absolute Gasteiger partial charge is 0.486 e. The van der Waals surface area contributed by atoms with Gasteiger partial charge in [0.15, 0.2) is 11.5 Å². The van der Waals surface area contributed by atoms with Crippen molar-refractivity contribution < 1.29 is 27.1 Å². The van der Waals surface area contributed by atoms with E-state index < -0.39 is 10.0 Å². The van der Waals surface area contributed by atoms with Gasteiger partial charge in [-0.05, 0) is 43.2 Å². The third-order valence-corrected chi connectivity index (χ3v) is 5.92. The van der Waals surface area contributed by atoms with E-state index in [-0.39, 0.29) is 30.7 Å². The number of ether oxygens (including phenoxy) is 2. The number of carbonyl (C=O) groups excluding carboxylic acids is 1. The zero-order valence-corrected chi connectivity index (χ0v) is 17.7. The van der Waals surface area contributed by atoms with E-state index in [9.17, 15) is 17.6 Å². The van der Waals surface area contributed by atoms with Gasteiger partial charge in [0, 0.05) is 19.0 Å². The second kappa shape index (κ2) is 9.34. The maximum Gasteiger partial charge on any atom is 0.232 e. The fourth-order valence-electron chi connectivity index (χ4n) is 3.21. The fraction of sp³-hybridized carbons (Fsp3) is 0.381.